The van der Waals surface area contributed by atoms with Crippen molar-refractivity contribution in [3.8, 4) is 5.88 Å². The molecule has 1 rings (SSSR count). The number of pyridine rings is 1. The SMILES string of the molecule is CCCCCC(C)NC(=NC)NCc1ccnc(OC)c1.I. The largest absolute Gasteiger partial charge is 0.481 e. The monoisotopic (exact) mass is 420 g/mol. The normalized spacial score (nSPS) is 12.3. The first-order valence-electron chi connectivity index (χ1n) is 7.65. The molecule has 0 fully saturated rings. The highest BCUT2D eigenvalue weighted by Crippen LogP contribution is 2.08. The van der Waals surface area contributed by atoms with E-state index in [0.29, 0.717) is 18.5 Å². The van der Waals surface area contributed by atoms with Crippen molar-refractivity contribution < 1.29 is 4.74 Å². The third-order valence-corrected chi connectivity index (χ3v) is 3.32. The van der Waals surface area contributed by atoms with Crippen LogP contribution in [0, 0.1) is 0 Å². The van der Waals surface area contributed by atoms with Crippen molar-refractivity contribution in [2.45, 2.75) is 52.1 Å². The van der Waals surface area contributed by atoms with Crippen LogP contribution < -0.4 is 15.4 Å². The smallest absolute Gasteiger partial charge is 0.213 e. The van der Waals surface area contributed by atoms with Gasteiger partial charge in [-0.2, -0.15) is 0 Å². The summed E-state index contributed by atoms with van der Waals surface area (Å²) in [5.41, 5.74) is 1.11. The molecule has 5 nitrogen and oxygen atoms in total. The first kappa shape index (κ1) is 20.9. The second kappa shape index (κ2) is 12.5. The predicted molar refractivity (Wildman–Crippen MR) is 103 cm³/mol. The van der Waals surface area contributed by atoms with Gasteiger partial charge in [0.1, 0.15) is 0 Å². The van der Waals surface area contributed by atoms with E-state index >= 15 is 0 Å². The number of aromatic nitrogens is 1. The quantitative estimate of drug-likeness (QED) is 0.293. The van der Waals surface area contributed by atoms with Crippen molar-refractivity contribution in [2.75, 3.05) is 14.2 Å². The Kier molecular flexibility index (Phi) is 11.9. The summed E-state index contributed by atoms with van der Waals surface area (Å²) in [5.74, 6) is 1.46. The number of hydrogen-bond acceptors (Lipinski definition) is 3. The average molecular weight is 420 g/mol. The molecule has 1 atom stereocenters. The summed E-state index contributed by atoms with van der Waals surface area (Å²) in [5, 5.41) is 6.73. The minimum absolute atomic E-state index is 0. The molecule has 0 aliphatic carbocycles. The van der Waals surface area contributed by atoms with Crippen molar-refractivity contribution in [1.29, 1.82) is 0 Å². The fourth-order valence-corrected chi connectivity index (χ4v) is 2.06. The van der Waals surface area contributed by atoms with E-state index in [1.165, 1.54) is 19.3 Å². The van der Waals surface area contributed by atoms with E-state index in [1.807, 2.05) is 12.1 Å². The maximum atomic E-state index is 5.12. The standard InChI is InChI=1S/C16H28N4O.HI/c1-5-6-7-8-13(2)20-16(17-3)19-12-14-9-10-18-15(11-14)21-4;/h9-11,13H,5-8,12H2,1-4H3,(H2,17,19,20);1H. The van der Waals surface area contributed by atoms with Gasteiger partial charge in [0, 0.05) is 31.9 Å². The molecule has 0 saturated carbocycles. The van der Waals surface area contributed by atoms with Crippen LogP contribution >= 0.6 is 24.0 Å². The van der Waals surface area contributed by atoms with E-state index in [2.05, 4.69) is 34.5 Å². The van der Waals surface area contributed by atoms with E-state index in [-0.39, 0.29) is 24.0 Å². The van der Waals surface area contributed by atoms with Gasteiger partial charge in [0.25, 0.3) is 0 Å². The first-order valence-corrected chi connectivity index (χ1v) is 7.65. The molecule has 0 aliphatic rings. The lowest BCUT2D eigenvalue weighted by Crippen LogP contribution is -2.41. The molecule has 6 heteroatoms. The molecule has 1 aromatic heterocycles. The molecule has 0 spiro atoms. The van der Waals surface area contributed by atoms with Crippen LogP contribution in [0.3, 0.4) is 0 Å². The molecule has 1 unspecified atom stereocenters. The molecule has 1 heterocycles. The second-order valence-electron chi connectivity index (χ2n) is 5.17. The lowest BCUT2D eigenvalue weighted by molar-refractivity contribution is 0.397. The molecule has 0 aliphatic heterocycles. The highest BCUT2D eigenvalue weighted by atomic mass is 127. The number of nitrogens with one attached hydrogen (secondary N) is 2. The summed E-state index contributed by atoms with van der Waals surface area (Å²) in [7, 11) is 3.42. The van der Waals surface area contributed by atoms with Crippen LogP contribution in [0.25, 0.3) is 0 Å². The summed E-state index contributed by atoms with van der Waals surface area (Å²) in [6.45, 7) is 5.11. The maximum Gasteiger partial charge on any atom is 0.213 e. The Bertz CT molecular complexity index is 440. The van der Waals surface area contributed by atoms with Gasteiger partial charge < -0.3 is 15.4 Å². The molecular formula is C16H29IN4O. The third-order valence-electron chi connectivity index (χ3n) is 3.32. The summed E-state index contributed by atoms with van der Waals surface area (Å²) in [4.78, 5) is 8.36. The molecule has 22 heavy (non-hydrogen) atoms. The van der Waals surface area contributed by atoms with Crippen molar-refractivity contribution in [1.82, 2.24) is 15.6 Å². The van der Waals surface area contributed by atoms with Crippen LogP contribution in [0.5, 0.6) is 5.88 Å². The number of halogens is 1. The molecular weight excluding hydrogens is 391 g/mol. The van der Waals surface area contributed by atoms with E-state index in [9.17, 15) is 0 Å². The van der Waals surface area contributed by atoms with Crippen LogP contribution in [-0.2, 0) is 6.54 Å². The average Bonchev–Trinajstić information content (AvgIpc) is 2.51. The summed E-state index contributed by atoms with van der Waals surface area (Å²) in [6.07, 6.45) is 6.71. The molecule has 1 aromatic rings. The Morgan fingerprint density at radius 3 is 2.82 bits per heavy atom. The van der Waals surface area contributed by atoms with Crippen LogP contribution in [0.4, 0.5) is 0 Å². The molecule has 0 bridgehead atoms. The zero-order valence-corrected chi connectivity index (χ0v) is 16.4. The van der Waals surface area contributed by atoms with Gasteiger partial charge in [-0.05, 0) is 25.0 Å². The van der Waals surface area contributed by atoms with Gasteiger partial charge >= 0.3 is 0 Å². The van der Waals surface area contributed by atoms with Gasteiger partial charge in [-0.3, -0.25) is 4.99 Å². The highest BCUT2D eigenvalue weighted by Gasteiger charge is 2.05. The van der Waals surface area contributed by atoms with Gasteiger partial charge in [-0.15, -0.1) is 24.0 Å². The number of guanidine groups is 1. The number of unbranched alkanes of at least 4 members (excludes halogenated alkanes) is 2. The Labute approximate surface area is 151 Å². The number of nitrogens with zero attached hydrogens (tertiary/aromatic N) is 2. The number of aliphatic imine (C=N–C) groups is 1. The van der Waals surface area contributed by atoms with E-state index < -0.39 is 0 Å². The van der Waals surface area contributed by atoms with Gasteiger partial charge in [0.05, 0.1) is 7.11 Å². The lowest BCUT2D eigenvalue weighted by atomic mass is 10.1. The highest BCUT2D eigenvalue weighted by molar-refractivity contribution is 14.0. The van der Waals surface area contributed by atoms with E-state index in [4.69, 9.17) is 4.74 Å². The zero-order chi connectivity index (χ0) is 15.5. The van der Waals surface area contributed by atoms with E-state index in [0.717, 1.165) is 17.9 Å². The number of rotatable bonds is 8. The van der Waals surface area contributed by atoms with Crippen LogP contribution in [0.2, 0.25) is 0 Å². The molecule has 126 valence electrons. The predicted octanol–water partition coefficient (Wildman–Crippen LogP) is 3.34. The number of ether oxygens (including phenoxy) is 1. The second-order valence-corrected chi connectivity index (χ2v) is 5.17. The topological polar surface area (TPSA) is 58.5 Å². The molecule has 0 amide bonds. The van der Waals surface area contributed by atoms with Crippen LogP contribution in [-0.4, -0.2) is 31.1 Å². The van der Waals surface area contributed by atoms with Gasteiger partial charge in [0.15, 0.2) is 5.96 Å². The van der Waals surface area contributed by atoms with Gasteiger partial charge in [0.2, 0.25) is 5.88 Å². The van der Waals surface area contributed by atoms with Crippen molar-refractivity contribution in [3.05, 3.63) is 23.9 Å². The van der Waals surface area contributed by atoms with Gasteiger partial charge in [-0.1, -0.05) is 26.2 Å². The van der Waals surface area contributed by atoms with Crippen LogP contribution in [0.15, 0.2) is 23.3 Å². The molecule has 0 aromatic carbocycles. The summed E-state index contributed by atoms with van der Waals surface area (Å²) < 4.78 is 5.12. The number of methoxy groups -OCH3 is 1. The maximum absolute atomic E-state index is 5.12. The van der Waals surface area contributed by atoms with Gasteiger partial charge in [-0.25, -0.2) is 4.98 Å². The molecule has 0 radical (unpaired) electrons. The lowest BCUT2D eigenvalue weighted by Gasteiger charge is -2.18. The third kappa shape index (κ3) is 8.41. The Morgan fingerprint density at radius 1 is 1.41 bits per heavy atom. The van der Waals surface area contributed by atoms with Crippen molar-refractivity contribution in [3.63, 3.8) is 0 Å². The fourth-order valence-electron chi connectivity index (χ4n) is 2.06. The Balaban J connectivity index is 0.00000441. The minimum Gasteiger partial charge on any atom is -0.481 e. The first-order chi connectivity index (χ1) is 10.2. The number of hydrogen-bond donors (Lipinski definition) is 2. The Hall–Kier alpha value is -1.05. The van der Waals surface area contributed by atoms with Crippen molar-refractivity contribution >= 4 is 29.9 Å². The van der Waals surface area contributed by atoms with Crippen molar-refractivity contribution in [2.24, 2.45) is 4.99 Å². The fraction of sp³-hybridized carbons (Fsp3) is 0.625. The molecule has 0 saturated heterocycles. The molecule has 2 N–H and O–H groups in total. The van der Waals surface area contributed by atoms with Crippen LogP contribution in [0.1, 0.15) is 45.1 Å². The zero-order valence-electron chi connectivity index (χ0n) is 14.1. The Morgan fingerprint density at radius 2 is 2.18 bits per heavy atom. The summed E-state index contributed by atoms with van der Waals surface area (Å²) >= 11 is 0. The summed E-state index contributed by atoms with van der Waals surface area (Å²) in [6, 6.07) is 4.31. The minimum atomic E-state index is 0. The van der Waals surface area contributed by atoms with E-state index in [1.54, 1.807) is 20.4 Å².